The van der Waals surface area contributed by atoms with Crippen LogP contribution in [0.5, 0.6) is 0 Å². The monoisotopic (exact) mass is 329 g/mol. The minimum atomic E-state index is 0.0892. The van der Waals surface area contributed by atoms with Crippen LogP contribution in [0.15, 0.2) is 22.7 Å². The molecule has 4 heteroatoms. The number of nitrogens with zero attached hydrogens (tertiary/aromatic N) is 1. The van der Waals surface area contributed by atoms with Gasteiger partial charge in [-0.05, 0) is 52.4 Å². The van der Waals surface area contributed by atoms with Crippen LogP contribution in [-0.4, -0.2) is 23.9 Å². The molecular weight excluding hydrogens is 314 g/mol. The summed E-state index contributed by atoms with van der Waals surface area (Å²) in [5.41, 5.74) is 0.907. The fraction of sp³-hybridized carbons (Fsp3) is 0.500. The van der Waals surface area contributed by atoms with Crippen molar-refractivity contribution < 1.29 is 4.79 Å². The fourth-order valence-electron chi connectivity index (χ4n) is 2.43. The summed E-state index contributed by atoms with van der Waals surface area (Å²) in [5, 5.41) is 0.636. The minimum Gasteiger partial charge on any atom is -0.338 e. The van der Waals surface area contributed by atoms with E-state index in [2.05, 4.69) is 29.8 Å². The van der Waals surface area contributed by atoms with Crippen LogP contribution in [0, 0.1) is 5.41 Å². The zero-order valence-electron chi connectivity index (χ0n) is 10.7. The molecule has 0 radical (unpaired) electrons. The molecule has 2 nitrogen and oxygen atoms in total. The van der Waals surface area contributed by atoms with Gasteiger partial charge in [0.15, 0.2) is 0 Å². The molecule has 98 valence electrons. The molecule has 0 N–H and O–H groups in total. The summed E-state index contributed by atoms with van der Waals surface area (Å²) in [6, 6.07) is 5.31. The summed E-state index contributed by atoms with van der Waals surface area (Å²) in [4.78, 5) is 14.4. The molecule has 1 aromatic rings. The van der Waals surface area contributed by atoms with Gasteiger partial charge in [0, 0.05) is 22.6 Å². The summed E-state index contributed by atoms with van der Waals surface area (Å²) in [6.07, 6.45) is 2.25. The SMILES string of the molecule is CC1(C)CCCN(C(=O)c2ccc(Cl)cc2Br)C1. The highest BCUT2D eigenvalue weighted by Crippen LogP contribution is 2.30. The van der Waals surface area contributed by atoms with Gasteiger partial charge < -0.3 is 4.90 Å². The molecule has 1 aromatic carbocycles. The highest BCUT2D eigenvalue weighted by Gasteiger charge is 2.30. The summed E-state index contributed by atoms with van der Waals surface area (Å²) >= 11 is 9.31. The van der Waals surface area contributed by atoms with Crippen molar-refractivity contribution in [2.24, 2.45) is 5.41 Å². The molecule has 1 saturated heterocycles. The van der Waals surface area contributed by atoms with Crippen LogP contribution in [0.2, 0.25) is 5.02 Å². The highest BCUT2D eigenvalue weighted by molar-refractivity contribution is 9.10. The lowest BCUT2D eigenvalue weighted by atomic mass is 9.84. The fourth-order valence-corrected chi connectivity index (χ4v) is 3.28. The van der Waals surface area contributed by atoms with E-state index in [0.717, 1.165) is 24.0 Å². The Morgan fingerprint density at radius 3 is 2.78 bits per heavy atom. The van der Waals surface area contributed by atoms with Crippen LogP contribution in [0.1, 0.15) is 37.0 Å². The van der Waals surface area contributed by atoms with Gasteiger partial charge in [-0.15, -0.1) is 0 Å². The number of carbonyl (C=O) groups is 1. The second-order valence-electron chi connectivity index (χ2n) is 5.62. The Hall–Kier alpha value is -0.540. The molecule has 1 aliphatic rings. The van der Waals surface area contributed by atoms with Crippen molar-refractivity contribution >= 4 is 33.4 Å². The molecule has 1 fully saturated rings. The minimum absolute atomic E-state index is 0.0892. The molecule has 0 atom stereocenters. The van der Waals surface area contributed by atoms with E-state index < -0.39 is 0 Å². The van der Waals surface area contributed by atoms with Crippen LogP contribution in [0.3, 0.4) is 0 Å². The third-order valence-electron chi connectivity index (χ3n) is 3.35. The van der Waals surface area contributed by atoms with Crippen molar-refractivity contribution in [3.05, 3.63) is 33.3 Å². The molecule has 0 unspecified atom stereocenters. The van der Waals surface area contributed by atoms with Crippen LogP contribution in [0.4, 0.5) is 0 Å². The Balaban J connectivity index is 2.20. The number of halogens is 2. The number of carbonyl (C=O) groups excluding carboxylic acids is 1. The molecule has 0 aromatic heterocycles. The van der Waals surface area contributed by atoms with Gasteiger partial charge in [-0.2, -0.15) is 0 Å². The van der Waals surface area contributed by atoms with E-state index in [9.17, 15) is 4.79 Å². The van der Waals surface area contributed by atoms with Crippen LogP contribution in [-0.2, 0) is 0 Å². The van der Waals surface area contributed by atoms with Gasteiger partial charge in [0.1, 0.15) is 0 Å². The van der Waals surface area contributed by atoms with E-state index in [0.29, 0.717) is 10.6 Å². The Bertz CT molecular complexity index is 473. The van der Waals surface area contributed by atoms with E-state index in [4.69, 9.17) is 11.6 Å². The van der Waals surface area contributed by atoms with Crippen LogP contribution >= 0.6 is 27.5 Å². The van der Waals surface area contributed by atoms with E-state index >= 15 is 0 Å². The third-order valence-corrected chi connectivity index (χ3v) is 4.24. The second-order valence-corrected chi connectivity index (χ2v) is 6.91. The number of likely N-dealkylation sites (tertiary alicyclic amines) is 1. The molecule has 0 saturated carbocycles. The molecule has 1 aliphatic heterocycles. The van der Waals surface area contributed by atoms with Crippen LogP contribution in [0.25, 0.3) is 0 Å². The maximum Gasteiger partial charge on any atom is 0.255 e. The number of rotatable bonds is 1. The second kappa shape index (κ2) is 5.22. The van der Waals surface area contributed by atoms with Crippen molar-refractivity contribution in [3.8, 4) is 0 Å². The molecule has 0 spiro atoms. The lowest BCUT2D eigenvalue weighted by Crippen LogP contribution is -2.43. The summed E-state index contributed by atoms with van der Waals surface area (Å²) in [7, 11) is 0. The Labute approximate surface area is 121 Å². The molecule has 0 bridgehead atoms. The molecule has 2 rings (SSSR count). The maximum absolute atomic E-state index is 12.5. The largest absolute Gasteiger partial charge is 0.338 e. The molecule has 1 heterocycles. The lowest BCUT2D eigenvalue weighted by molar-refractivity contribution is 0.0582. The quantitative estimate of drug-likeness (QED) is 0.749. The van der Waals surface area contributed by atoms with Crippen molar-refractivity contribution in [2.45, 2.75) is 26.7 Å². The van der Waals surface area contributed by atoms with Crippen molar-refractivity contribution in [2.75, 3.05) is 13.1 Å². The van der Waals surface area contributed by atoms with Gasteiger partial charge in [0.2, 0.25) is 0 Å². The van der Waals surface area contributed by atoms with Crippen LogP contribution < -0.4 is 0 Å². The van der Waals surface area contributed by atoms with Gasteiger partial charge >= 0.3 is 0 Å². The third kappa shape index (κ3) is 3.07. The van der Waals surface area contributed by atoms with Gasteiger partial charge in [0.05, 0.1) is 5.56 Å². The number of hydrogen-bond donors (Lipinski definition) is 0. The van der Waals surface area contributed by atoms with E-state index in [-0.39, 0.29) is 11.3 Å². The van der Waals surface area contributed by atoms with Crippen molar-refractivity contribution in [1.29, 1.82) is 0 Å². The lowest BCUT2D eigenvalue weighted by Gasteiger charge is -2.38. The average molecular weight is 331 g/mol. The van der Waals surface area contributed by atoms with Gasteiger partial charge in [-0.1, -0.05) is 25.4 Å². The summed E-state index contributed by atoms with van der Waals surface area (Å²) in [6.45, 7) is 6.09. The van der Waals surface area contributed by atoms with E-state index in [1.54, 1.807) is 18.2 Å². The number of benzene rings is 1. The van der Waals surface area contributed by atoms with Gasteiger partial charge in [-0.3, -0.25) is 4.79 Å². The predicted molar refractivity (Wildman–Crippen MR) is 78.1 cm³/mol. The number of hydrogen-bond acceptors (Lipinski definition) is 1. The average Bonchev–Trinajstić information content (AvgIpc) is 2.27. The first-order valence-corrected chi connectivity index (χ1v) is 7.30. The molecular formula is C14H17BrClNO. The number of amides is 1. The summed E-state index contributed by atoms with van der Waals surface area (Å²) < 4.78 is 0.767. The highest BCUT2D eigenvalue weighted by atomic mass is 79.9. The van der Waals surface area contributed by atoms with Crippen molar-refractivity contribution in [1.82, 2.24) is 4.90 Å². The van der Waals surface area contributed by atoms with Crippen molar-refractivity contribution in [3.63, 3.8) is 0 Å². The standard InChI is InChI=1S/C14H17BrClNO/c1-14(2)6-3-7-17(9-14)13(18)11-5-4-10(16)8-12(11)15/h4-5,8H,3,6-7,9H2,1-2H3. The summed E-state index contributed by atoms with van der Waals surface area (Å²) in [5.74, 6) is 0.0892. The molecule has 1 amide bonds. The predicted octanol–water partition coefficient (Wildman–Crippen LogP) is 4.36. The smallest absolute Gasteiger partial charge is 0.255 e. The Kier molecular flexibility index (Phi) is 4.02. The zero-order valence-corrected chi connectivity index (χ0v) is 13.0. The van der Waals surface area contributed by atoms with E-state index in [1.165, 1.54) is 6.42 Å². The Morgan fingerprint density at radius 1 is 1.44 bits per heavy atom. The first kappa shape index (κ1) is 13.9. The topological polar surface area (TPSA) is 20.3 Å². The molecule has 18 heavy (non-hydrogen) atoms. The molecule has 0 aliphatic carbocycles. The van der Waals surface area contributed by atoms with Gasteiger partial charge in [0.25, 0.3) is 5.91 Å². The number of piperidine rings is 1. The zero-order chi connectivity index (χ0) is 13.3. The Morgan fingerprint density at radius 2 is 2.17 bits per heavy atom. The normalized spacial score (nSPS) is 18.8. The maximum atomic E-state index is 12.5. The van der Waals surface area contributed by atoms with E-state index in [1.807, 2.05) is 4.90 Å². The van der Waals surface area contributed by atoms with Gasteiger partial charge in [-0.25, -0.2) is 0 Å². The first-order chi connectivity index (χ1) is 8.39. The first-order valence-electron chi connectivity index (χ1n) is 6.13.